The molecule has 2 fully saturated rings. The zero-order valence-electron chi connectivity index (χ0n) is 16.8. The van der Waals surface area contributed by atoms with Crippen LogP contribution in [0.25, 0.3) is 5.65 Å². The van der Waals surface area contributed by atoms with Crippen molar-refractivity contribution >= 4 is 23.2 Å². The van der Waals surface area contributed by atoms with Crippen LogP contribution in [0.3, 0.4) is 0 Å². The Hall–Kier alpha value is -3.62. The van der Waals surface area contributed by atoms with Crippen LogP contribution in [0.1, 0.15) is 25.0 Å². The van der Waals surface area contributed by atoms with E-state index in [9.17, 15) is 9.59 Å². The van der Waals surface area contributed by atoms with Crippen LogP contribution in [-0.2, 0) is 16.0 Å². The zero-order valence-corrected chi connectivity index (χ0v) is 16.8. The molecule has 1 unspecified atom stereocenters. The third kappa shape index (κ3) is 4.30. The van der Waals surface area contributed by atoms with Gasteiger partial charge in [-0.25, -0.2) is 9.97 Å². The van der Waals surface area contributed by atoms with Gasteiger partial charge in [0.05, 0.1) is 30.6 Å². The number of carbonyl (C=O) groups is 2. The van der Waals surface area contributed by atoms with E-state index in [1.54, 1.807) is 52.2 Å². The molecule has 9 heteroatoms. The second-order valence-electron chi connectivity index (χ2n) is 7.93. The Kier molecular flexibility index (Phi) is 4.93. The van der Waals surface area contributed by atoms with Crippen LogP contribution in [-0.4, -0.2) is 50.6 Å². The molecule has 0 radical (unpaired) electrons. The van der Waals surface area contributed by atoms with E-state index in [1.807, 2.05) is 0 Å². The Morgan fingerprint density at radius 1 is 1.16 bits per heavy atom. The SMILES string of the molecule is O=C(O)Cc1cn2cc(N3CCC(Oc4ccc(OCC5CC5)nc4)C3=O)ccc2n1. The maximum absolute atomic E-state index is 12.9. The molecule has 1 N–H and O–H groups in total. The summed E-state index contributed by atoms with van der Waals surface area (Å²) in [5.74, 6) is 0.691. The number of pyridine rings is 2. The van der Waals surface area contributed by atoms with Gasteiger partial charge >= 0.3 is 5.97 Å². The number of ether oxygens (including phenoxy) is 2. The van der Waals surface area contributed by atoms with Crippen molar-refractivity contribution in [1.82, 2.24) is 14.4 Å². The molecule has 1 saturated carbocycles. The normalized spacial score (nSPS) is 18.5. The summed E-state index contributed by atoms with van der Waals surface area (Å²) >= 11 is 0. The predicted octanol–water partition coefficient (Wildman–Crippen LogP) is 2.33. The molecule has 1 aliphatic heterocycles. The van der Waals surface area contributed by atoms with Gasteiger partial charge in [-0.3, -0.25) is 9.59 Å². The molecule has 0 aromatic carbocycles. The van der Waals surface area contributed by atoms with Crippen LogP contribution in [0.4, 0.5) is 5.69 Å². The van der Waals surface area contributed by atoms with E-state index in [2.05, 4.69) is 9.97 Å². The van der Waals surface area contributed by atoms with Gasteiger partial charge in [-0.1, -0.05) is 0 Å². The number of rotatable bonds is 8. The van der Waals surface area contributed by atoms with Crippen molar-refractivity contribution in [3.8, 4) is 11.6 Å². The zero-order chi connectivity index (χ0) is 21.4. The summed E-state index contributed by atoms with van der Waals surface area (Å²) in [6.07, 6.45) is 7.30. The summed E-state index contributed by atoms with van der Waals surface area (Å²) in [6, 6.07) is 7.11. The number of hydrogen-bond acceptors (Lipinski definition) is 6. The van der Waals surface area contributed by atoms with Crippen molar-refractivity contribution in [2.45, 2.75) is 31.8 Å². The molecular formula is C22H22N4O5. The molecule has 9 nitrogen and oxygen atoms in total. The van der Waals surface area contributed by atoms with Gasteiger partial charge in [-0.15, -0.1) is 0 Å². The van der Waals surface area contributed by atoms with Gasteiger partial charge in [0, 0.05) is 31.4 Å². The number of nitrogens with zero attached hydrogens (tertiary/aromatic N) is 4. The lowest BCUT2D eigenvalue weighted by Gasteiger charge is -2.17. The van der Waals surface area contributed by atoms with Crippen LogP contribution >= 0.6 is 0 Å². The standard InChI is InChI=1S/C22H22N4O5/c27-21(28)9-15-11-25-12-16(3-5-19(25)24-15)26-8-7-18(22(26)29)31-17-4-6-20(23-10-17)30-13-14-1-2-14/h3-6,10-12,14,18H,1-2,7-9,13H2,(H,27,28). The number of anilines is 1. The summed E-state index contributed by atoms with van der Waals surface area (Å²) in [6.45, 7) is 1.23. The van der Waals surface area contributed by atoms with Gasteiger partial charge in [-0.05, 0) is 37.0 Å². The molecule has 5 rings (SSSR count). The molecule has 4 heterocycles. The molecule has 31 heavy (non-hydrogen) atoms. The molecule has 1 aliphatic carbocycles. The smallest absolute Gasteiger partial charge is 0.309 e. The number of carboxylic acid groups (broad SMARTS) is 1. The van der Waals surface area contributed by atoms with Crippen molar-refractivity contribution in [3.63, 3.8) is 0 Å². The van der Waals surface area contributed by atoms with E-state index in [0.717, 1.165) is 0 Å². The second kappa shape index (κ2) is 7.90. The van der Waals surface area contributed by atoms with Crippen LogP contribution in [0, 0.1) is 5.92 Å². The Morgan fingerprint density at radius 3 is 2.77 bits per heavy atom. The van der Waals surface area contributed by atoms with E-state index in [1.165, 1.54) is 12.8 Å². The minimum atomic E-state index is -0.935. The highest BCUT2D eigenvalue weighted by atomic mass is 16.5. The van der Waals surface area contributed by atoms with Gasteiger partial charge in [0.2, 0.25) is 5.88 Å². The quantitative estimate of drug-likeness (QED) is 0.594. The molecule has 3 aromatic rings. The molecule has 3 aromatic heterocycles. The average Bonchev–Trinajstić information content (AvgIpc) is 3.40. The van der Waals surface area contributed by atoms with Gasteiger partial charge in [-0.2, -0.15) is 0 Å². The lowest BCUT2D eigenvalue weighted by molar-refractivity contribution is -0.136. The van der Waals surface area contributed by atoms with Crippen molar-refractivity contribution in [3.05, 3.63) is 48.5 Å². The number of carbonyl (C=O) groups excluding carboxylic acids is 1. The Morgan fingerprint density at radius 2 is 2.03 bits per heavy atom. The first-order valence-electron chi connectivity index (χ1n) is 10.3. The molecular weight excluding hydrogens is 400 g/mol. The van der Waals surface area contributed by atoms with Gasteiger partial charge in [0.15, 0.2) is 6.10 Å². The first-order chi connectivity index (χ1) is 15.0. The number of aromatic nitrogens is 3. The van der Waals surface area contributed by atoms with E-state index in [4.69, 9.17) is 14.6 Å². The topological polar surface area (TPSA) is 106 Å². The van der Waals surface area contributed by atoms with Gasteiger partial charge < -0.3 is 23.9 Å². The highest BCUT2D eigenvalue weighted by Crippen LogP contribution is 2.30. The number of aliphatic carboxylic acids is 1. The molecule has 1 saturated heterocycles. The molecule has 0 bridgehead atoms. The fraction of sp³-hybridized carbons (Fsp3) is 0.364. The summed E-state index contributed by atoms with van der Waals surface area (Å²) in [5, 5.41) is 8.94. The summed E-state index contributed by atoms with van der Waals surface area (Å²) in [5.41, 5.74) is 1.81. The first-order valence-corrected chi connectivity index (χ1v) is 10.3. The highest BCUT2D eigenvalue weighted by molar-refractivity contribution is 5.99. The van der Waals surface area contributed by atoms with Crippen molar-refractivity contribution in [1.29, 1.82) is 0 Å². The molecule has 1 amide bonds. The minimum Gasteiger partial charge on any atom is -0.481 e. The van der Waals surface area contributed by atoms with Crippen LogP contribution in [0.2, 0.25) is 0 Å². The Labute approximate surface area is 178 Å². The molecule has 2 aliphatic rings. The van der Waals surface area contributed by atoms with Crippen LogP contribution in [0.15, 0.2) is 42.9 Å². The van der Waals surface area contributed by atoms with Gasteiger partial charge in [0.1, 0.15) is 11.4 Å². The highest BCUT2D eigenvalue weighted by Gasteiger charge is 2.34. The Balaban J connectivity index is 1.24. The van der Waals surface area contributed by atoms with E-state index in [-0.39, 0.29) is 12.3 Å². The number of amides is 1. The third-order valence-electron chi connectivity index (χ3n) is 5.44. The molecule has 1 atom stereocenters. The lowest BCUT2D eigenvalue weighted by atomic mass is 10.3. The van der Waals surface area contributed by atoms with E-state index >= 15 is 0 Å². The second-order valence-corrected chi connectivity index (χ2v) is 7.93. The fourth-order valence-electron chi connectivity index (χ4n) is 3.63. The largest absolute Gasteiger partial charge is 0.481 e. The predicted molar refractivity (Wildman–Crippen MR) is 110 cm³/mol. The third-order valence-corrected chi connectivity index (χ3v) is 5.44. The molecule has 0 spiro atoms. The summed E-state index contributed by atoms with van der Waals surface area (Å²) in [7, 11) is 0. The number of imidazole rings is 1. The maximum atomic E-state index is 12.9. The Bertz CT molecular complexity index is 1120. The number of hydrogen-bond donors (Lipinski definition) is 1. The van der Waals surface area contributed by atoms with Crippen molar-refractivity contribution in [2.24, 2.45) is 5.92 Å². The van der Waals surface area contributed by atoms with Crippen molar-refractivity contribution < 1.29 is 24.2 Å². The van der Waals surface area contributed by atoms with Crippen molar-refractivity contribution in [2.75, 3.05) is 18.1 Å². The van der Waals surface area contributed by atoms with Crippen LogP contribution in [0.5, 0.6) is 11.6 Å². The monoisotopic (exact) mass is 422 g/mol. The first kappa shape index (κ1) is 19.3. The molecule has 160 valence electrons. The van der Waals surface area contributed by atoms with Gasteiger partial charge in [0.25, 0.3) is 5.91 Å². The maximum Gasteiger partial charge on any atom is 0.309 e. The number of carboxylic acids is 1. The minimum absolute atomic E-state index is 0.126. The lowest BCUT2D eigenvalue weighted by Crippen LogP contribution is -2.32. The summed E-state index contributed by atoms with van der Waals surface area (Å²) in [4.78, 5) is 34.0. The van der Waals surface area contributed by atoms with E-state index < -0.39 is 12.1 Å². The van der Waals surface area contributed by atoms with E-state index in [0.29, 0.717) is 54.1 Å². The average molecular weight is 422 g/mol. The van der Waals surface area contributed by atoms with Crippen LogP contribution < -0.4 is 14.4 Å². The number of fused-ring (bicyclic) bond motifs is 1. The summed E-state index contributed by atoms with van der Waals surface area (Å²) < 4.78 is 13.2. The fourth-order valence-corrected chi connectivity index (χ4v) is 3.63.